The van der Waals surface area contributed by atoms with E-state index in [-0.39, 0.29) is 24.0 Å². The van der Waals surface area contributed by atoms with Gasteiger partial charge in [-0.3, -0.25) is 0 Å². The van der Waals surface area contributed by atoms with Gasteiger partial charge in [-0.15, -0.1) is 45.5 Å². The number of nitrogens with zero attached hydrogens (tertiary/aromatic N) is 5. The average molecular weight is 525 g/mol. The van der Waals surface area contributed by atoms with Crippen LogP contribution in [-0.2, 0) is 26.7 Å². The van der Waals surface area contributed by atoms with Crippen LogP contribution in [0.5, 0.6) is 0 Å². The van der Waals surface area contributed by atoms with E-state index in [1.54, 1.807) is 11.3 Å². The molecular weight excluding hydrogens is 497 g/mol. The summed E-state index contributed by atoms with van der Waals surface area (Å²) in [6.07, 6.45) is 0. The van der Waals surface area contributed by atoms with Crippen molar-refractivity contribution < 1.29 is 0 Å². The molecule has 0 aliphatic heterocycles. The number of aryl methyl sites for hydroxylation is 1. The maximum absolute atomic E-state index is 4.72. The van der Waals surface area contributed by atoms with Gasteiger partial charge in [-0.1, -0.05) is 44.2 Å². The highest BCUT2D eigenvalue weighted by Crippen LogP contribution is 2.17. The molecule has 0 spiro atoms. The summed E-state index contributed by atoms with van der Waals surface area (Å²) in [5.74, 6) is 2.92. The van der Waals surface area contributed by atoms with Crippen LogP contribution in [0.3, 0.4) is 0 Å². The number of hydrogen-bond donors (Lipinski definition) is 2. The molecule has 156 valence electrons. The Labute approximate surface area is 193 Å². The highest BCUT2D eigenvalue weighted by Gasteiger charge is 2.09. The summed E-state index contributed by atoms with van der Waals surface area (Å²) in [4.78, 5) is 9.40. The third-order valence-corrected chi connectivity index (χ3v) is 5.29. The van der Waals surface area contributed by atoms with E-state index in [2.05, 4.69) is 57.2 Å². The standard InChI is InChI=1S/C20H27N7S.HI/c1-14(2)17-13-28-19(24-17)12-23-20(21-10-16-8-6-5-7-9-16)22-11-18-26-25-15(3)27(18)4;/h5-9,13-14H,10-12H2,1-4H3,(H2,21,22,23);1H. The first-order valence-corrected chi connectivity index (χ1v) is 10.3. The highest BCUT2D eigenvalue weighted by atomic mass is 127. The van der Waals surface area contributed by atoms with Crippen molar-refractivity contribution in [3.05, 3.63) is 63.6 Å². The van der Waals surface area contributed by atoms with Gasteiger partial charge in [0.1, 0.15) is 10.8 Å². The molecular formula is C20H28IN7S. The summed E-state index contributed by atoms with van der Waals surface area (Å²) in [5.41, 5.74) is 2.29. The number of thiazole rings is 1. The van der Waals surface area contributed by atoms with Gasteiger partial charge in [-0.25, -0.2) is 9.98 Å². The minimum atomic E-state index is 0. The first-order valence-electron chi connectivity index (χ1n) is 9.38. The normalized spacial score (nSPS) is 11.4. The summed E-state index contributed by atoms with van der Waals surface area (Å²) in [5, 5.41) is 18.2. The van der Waals surface area contributed by atoms with E-state index in [4.69, 9.17) is 4.99 Å². The van der Waals surface area contributed by atoms with Gasteiger partial charge in [0.2, 0.25) is 0 Å². The van der Waals surface area contributed by atoms with E-state index in [1.807, 2.05) is 36.7 Å². The van der Waals surface area contributed by atoms with Gasteiger partial charge in [0.25, 0.3) is 0 Å². The van der Waals surface area contributed by atoms with Crippen LogP contribution < -0.4 is 10.6 Å². The fourth-order valence-electron chi connectivity index (χ4n) is 2.53. The molecule has 0 bridgehead atoms. The molecule has 2 heterocycles. The van der Waals surface area contributed by atoms with E-state index in [0.29, 0.717) is 25.6 Å². The van der Waals surface area contributed by atoms with E-state index in [1.165, 1.54) is 0 Å². The Balaban J connectivity index is 0.00000300. The number of nitrogens with one attached hydrogen (secondary N) is 2. The van der Waals surface area contributed by atoms with Crippen LogP contribution in [0.25, 0.3) is 0 Å². The van der Waals surface area contributed by atoms with E-state index < -0.39 is 0 Å². The molecule has 0 amide bonds. The molecule has 0 radical (unpaired) electrons. The van der Waals surface area contributed by atoms with Crippen molar-refractivity contribution in [3.8, 4) is 0 Å². The zero-order chi connectivity index (χ0) is 19.9. The van der Waals surface area contributed by atoms with Crippen molar-refractivity contribution >= 4 is 41.3 Å². The lowest BCUT2D eigenvalue weighted by atomic mass is 10.2. The second kappa shape index (κ2) is 11.2. The molecule has 0 saturated carbocycles. The lowest BCUT2D eigenvalue weighted by Crippen LogP contribution is -2.37. The van der Waals surface area contributed by atoms with Crippen molar-refractivity contribution in [2.45, 2.75) is 46.3 Å². The molecule has 0 atom stereocenters. The number of rotatable bonds is 7. The first kappa shape index (κ1) is 23.3. The number of hydrogen-bond acceptors (Lipinski definition) is 5. The maximum atomic E-state index is 4.72. The molecule has 29 heavy (non-hydrogen) atoms. The number of aromatic nitrogens is 4. The van der Waals surface area contributed by atoms with Gasteiger partial charge in [-0.05, 0) is 18.4 Å². The maximum Gasteiger partial charge on any atom is 0.192 e. The molecule has 7 nitrogen and oxygen atoms in total. The minimum Gasteiger partial charge on any atom is -0.350 e. The molecule has 0 fully saturated rings. The quantitative estimate of drug-likeness (QED) is 0.279. The van der Waals surface area contributed by atoms with Gasteiger partial charge in [-0.2, -0.15) is 0 Å². The topological polar surface area (TPSA) is 80.0 Å². The van der Waals surface area contributed by atoms with Crippen LogP contribution >= 0.6 is 35.3 Å². The van der Waals surface area contributed by atoms with Crippen molar-refractivity contribution in [1.29, 1.82) is 0 Å². The second-order valence-corrected chi connectivity index (χ2v) is 7.84. The third-order valence-electron chi connectivity index (χ3n) is 4.43. The molecule has 2 N–H and O–H groups in total. The lowest BCUT2D eigenvalue weighted by molar-refractivity contribution is 0.712. The molecule has 1 aromatic carbocycles. The van der Waals surface area contributed by atoms with Crippen LogP contribution in [0.2, 0.25) is 0 Å². The summed E-state index contributed by atoms with van der Waals surface area (Å²) in [6, 6.07) is 10.2. The Morgan fingerprint density at radius 3 is 2.48 bits per heavy atom. The van der Waals surface area contributed by atoms with Gasteiger partial charge < -0.3 is 15.2 Å². The number of aliphatic imine (C=N–C) groups is 1. The molecule has 0 aliphatic rings. The fourth-order valence-corrected chi connectivity index (χ4v) is 3.42. The highest BCUT2D eigenvalue weighted by molar-refractivity contribution is 14.0. The van der Waals surface area contributed by atoms with Gasteiger partial charge in [0.05, 0.1) is 25.3 Å². The molecule has 0 aliphatic carbocycles. The zero-order valence-electron chi connectivity index (χ0n) is 17.2. The third kappa shape index (κ3) is 6.77. The summed E-state index contributed by atoms with van der Waals surface area (Å²) in [6.45, 7) is 8.03. The lowest BCUT2D eigenvalue weighted by Gasteiger charge is -2.12. The first-order chi connectivity index (χ1) is 13.5. The van der Waals surface area contributed by atoms with Crippen LogP contribution in [0.4, 0.5) is 0 Å². The van der Waals surface area contributed by atoms with E-state index in [0.717, 1.165) is 33.9 Å². The predicted molar refractivity (Wildman–Crippen MR) is 129 cm³/mol. The van der Waals surface area contributed by atoms with E-state index in [9.17, 15) is 0 Å². The zero-order valence-corrected chi connectivity index (χ0v) is 20.4. The molecule has 9 heteroatoms. The number of halogens is 1. The minimum absolute atomic E-state index is 0. The molecule has 3 aromatic rings. The summed E-state index contributed by atoms with van der Waals surface area (Å²) < 4.78 is 1.97. The van der Waals surface area contributed by atoms with E-state index >= 15 is 0 Å². The summed E-state index contributed by atoms with van der Waals surface area (Å²) in [7, 11) is 1.96. The molecule has 2 aromatic heterocycles. The van der Waals surface area contributed by atoms with Crippen LogP contribution in [-0.4, -0.2) is 25.7 Å². The van der Waals surface area contributed by atoms with Gasteiger partial charge in [0.15, 0.2) is 11.8 Å². The predicted octanol–water partition coefficient (Wildman–Crippen LogP) is 3.76. The van der Waals surface area contributed by atoms with Crippen molar-refractivity contribution in [2.24, 2.45) is 12.0 Å². The number of benzene rings is 1. The molecule has 0 unspecified atom stereocenters. The largest absolute Gasteiger partial charge is 0.350 e. The second-order valence-electron chi connectivity index (χ2n) is 6.90. The molecule has 0 saturated heterocycles. The monoisotopic (exact) mass is 525 g/mol. The molecule has 3 rings (SSSR count). The smallest absolute Gasteiger partial charge is 0.192 e. The van der Waals surface area contributed by atoms with Crippen molar-refractivity contribution in [1.82, 2.24) is 30.4 Å². The van der Waals surface area contributed by atoms with Crippen LogP contribution in [0.15, 0.2) is 40.7 Å². The Kier molecular flexibility index (Phi) is 9.02. The Morgan fingerprint density at radius 2 is 1.86 bits per heavy atom. The summed E-state index contributed by atoms with van der Waals surface area (Å²) >= 11 is 1.67. The SMILES string of the molecule is Cc1nnc(CNC(=NCc2ccccc2)NCc2nc(C(C)C)cs2)n1C.I. The average Bonchev–Trinajstić information content (AvgIpc) is 3.30. The Hall–Kier alpha value is -2.01. The number of guanidine groups is 1. The van der Waals surface area contributed by atoms with Crippen molar-refractivity contribution in [3.63, 3.8) is 0 Å². The van der Waals surface area contributed by atoms with Gasteiger partial charge >= 0.3 is 0 Å². The Morgan fingerprint density at radius 1 is 1.14 bits per heavy atom. The Bertz CT molecular complexity index is 918. The van der Waals surface area contributed by atoms with Crippen molar-refractivity contribution in [2.75, 3.05) is 0 Å². The fraction of sp³-hybridized carbons (Fsp3) is 0.400. The van der Waals surface area contributed by atoms with Gasteiger partial charge in [0, 0.05) is 12.4 Å². The van der Waals surface area contributed by atoms with Crippen LogP contribution in [0.1, 0.15) is 47.7 Å². The van der Waals surface area contributed by atoms with Crippen LogP contribution in [0, 0.1) is 6.92 Å².